The molecule has 202 valence electrons. The van der Waals surface area contributed by atoms with Crippen LogP contribution in [0.5, 0.6) is 0 Å². The number of fused-ring (bicyclic) bond motifs is 11. The average Bonchev–Trinajstić information content (AvgIpc) is 3.72. The Morgan fingerprint density at radius 1 is 0.568 bits per heavy atom. The molecule has 0 spiro atoms. The van der Waals surface area contributed by atoms with Crippen LogP contribution in [0.4, 0.5) is 5.69 Å². The van der Waals surface area contributed by atoms with Crippen molar-refractivity contribution in [1.29, 1.82) is 0 Å². The van der Waals surface area contributed by atoms with E-state index in [1.807, 2.05) is 36.4 Å². The fraction of sp³-hybridized carbons (Fsp3) is 0. The van der Waals surface area contributed by atoms with Crippen molar-refractivity contribution in [2.24, 2.45) is 0 Å². The molecule has 0 N–H and O–H groups in total. The molecule has 44 heavy (non-hydrogen) atoms. The molecule has 5 aromatic heterocycles. The summed E-state index contributed by atoms with van der Waals surface area (Å²) in [6.45, 7) is 7.40. The van der Waals surface area contributed by atoms with Gasteiger partial charge in [0.25, 0.3) is 0 Å². The van der Waals surface area contributed by atoms with Crippen molar-refractivity contribution in [3.8, 4) is 17.2 Å². The zero-order chi connectivity index (χ0) is 28.9. The molecule has 0 aliphatic carbocycles. The lowest BCUT2D eigenvalue weighted by Gasteiger charge is -2.11. The summed E-state index contributed by atoms with van der Waals surface area (Å²) in [6, 6.07) is 39.7. The summed E-state index contributed by atoms with van der Waals surface area (Å²) in [6.07, 6.45) is 1.77. The van der Waals surface area contributed by atoms with Crippen LogP contribution in [0.15, 0.2) is 121 Å². The van der Waals surface area contributed by atoms with Gasteiger partial charge in [-0.05, 0) is 42.0 Å². The second-order valence-electron chi connectivity index (χ2n) is 11.2. The van der Waals surface area contributed by atoms with E-state index in [0.29, 0.717) is 17.3 Å². The van der Waals surface area contributed by atoms with Gasteiger partial charge in [-0.15, -0.1) is 0 Å². The van der Waals surface area contributed by atoms with Gasteiger partial charge in [-0.1, -0.05) is 78.9 Å². The zero-order valence-electron chi connectivity index (χ0n) is 23.2. The molecule has 6 nitrogen and oxygen atoms in total. The van der Waals surface area contributed by atoms with Crippen LogP contribution >= 0.6 is 0 Å². The third-order valence-corrected chi connectivity index (χ3v) is 8.94. The highest BCUT2D eigenvalue weighted by Gasteiger charge is 2.25. The quantitative estimate of drug-likeness (QED) is 0.198. The zero-order valence-corrected chi connectivity index (χ0v) is 23.2. The minimum atomic E-state index is 0.563. The van der Waals surface area contributed by atoms with Crippen molar-refractivity contribution in [2.45, 2.75) is 0 Å². The summed E-state index contributed by atoms with van der Waals surface area (Å²) in [5, 5.41) is 8.11. The predicted molar refractivity (Wildman–Crippen MR) is 178 cm³/mol. The third kappa shape index (κ3) is 2.90. The molecule has 0 saturated carbocycles. The van der Waals surface area contributed by atoms with Gasteiger partial charge in [-0.25, -0.2) is 14.8 Å². The first-order valence-electron chi connectivity index (χ1n) is 14.5. The lowest BCUT2D eigenvalue weighted by Crippen LogP contribution is -2.04. The Morgan fingerprint density at radius 2 is 1.23 bits per heavy atom. The van der Waals surface area contributed by atoms with Gasteiger partial charge in [0.1, 0.15) is 0 Å². The highest BCUT2D eigenvalue weighted by atomic mass is 15.2. The van der Waals surface area contributed by atoms with Gasteiger partial charge in [-0.2, -0.15) is 4.98 Å². The molecule has 0 saturated heterocycles. The fourth-order valence-corrected chi connectivity index (χ4v) is 7.14. The Morgan fingerprint density at radius 3 is 2.00 bits per heavy atom. The van der Waals surface area contributed by atoms with E-state index in [2.05, 4.69) is 97.7 Å². The summed E-state index contributed by atoms with van der Waals surface area (Å²) in [5.74, 6) is 0.563. The van der Waals surface area contributed by atoms with Crippen molar-refractivity contribution in [3.05, 3.63) is 133 Å². The summed E-state index contributed by atoms with van der Waals surface area (Å²) < 4.78 is 4.61. The van der Waals surface area contributed by atoms with Gasteiger partial charge < -0.3 is 4.40 Å². The van der Waals surface area contributed by atoms with E-state index in [4.69, 9.17) is 16.5 Å². The second-order valence-corrected chi connectivity index (χ2v) is 11.2. The first-order valence-corrected chi connectivity index (χ1v) is 14.5. The highest BCUT2D eigenvalue weighted by Crippen LogP contribution is 2.46. The number of hydrogen-bond donors (Lipinski definition) is 0. The number of hydrogen-bond acceptors (Lipinski definition) is 3. The van der Waals surface area contributed by atoms with Crippen molar-refractivity contribution < 1.29 is 0 Å². The maximum absolute atomic E-state index is 7.40. The smallest absolute Gasteiger partial charge is 0.237 e. The SMILES string of the molecule is [C-]#[N+]c1ccc(-c2nc(-n3c4ccccc4c4c5c6ccccc6n6c7ccccc7c(cc43)c56)nc3ncccc23)cc1. The first-order chi connectivity index (χ1) is 21.8. The summed E-state index contributed by atoms with van der Waals surface area (Å²) in [7, 11) is 0. The van der Waals surface area contributed by atoms with Crippen LogP contribution in [0, 0.1) is 6.57 Å². The molecule has 0 radical (unpaired) electrons. The van der Waals surface area contributed by atoms with Crippen LogP contribution in [0.2, 0.25) is 0 Å². The molecule has 0 atom stereocenters. The number of nitrogens with zero attached hydrogens (tertiary/aromatic N) is 6. The number of pyridine rings is 1. The van der Waals surface area contributed by atoms with E-state index < -0.39 is 0 Å². The second kappa shape index (κ2) is 8.37. The number of rotatable bonds is 2. The molecular weight excluding hydrogens is 540 g/mol. The van der Waals surface area contributed by atoms with Gasteiger partial charge in [-0.3, -0.25) is 4.57 Å². The Labute approximate surface area is 250 Å². The topological polar surface area (TPSA) is 52.4 Å². The molecule has 10 aromatic rings. The monoisotopic (exact) mass is 560 g/mol. The molecule has 5 aromatic carbocycles. The molecule has 0 unspecified atom stereocenters. The summed E-state index contributed by atoms with van der Waals surface area (Å²) in [5.41, 5.74) is 8.65. The Hall–Kier alpha value is -6.32. The van der Waals surface area contributed by atoms with Crippen LogP contribution < -0.4 is 0 Å². The molecule has 5 heterocycles. The third-order valence-electron chi connectivity index (χ3n) is 8.94. The number of para-hydroxylation sites is 3. The summed E-state index contributed by atoms with van der Waals surface area (Å²) >= 11 is 0. The van der Waals surface area contributed by atoms with Crippen LogP contribution in [-0.2, 0) is 0 Å². The fourth-order valence-electron chi connectivity index (χ4n) is 7.14. The minimum absolute atomic E-state index is 0.563. The Bertz CT molecular complexity index is 2830. The molecule has 10 rings (SSSR count). The van der Waals surface area contributed by atoms with Crippen molar-refractivity contribution in [2.75, 3.05) is 0 Å². The number of aromatic nitrogens is 5. The molecule has 0 aliphatic rings. The lowest BCUT2D eigenvalue weighted by atomic mass is 10.0. The maximum atomic E-state index is 7.40. The van der Waals surface area contributed by atoms with Gasteiger partial charge in [0.2, 0.25) is 5.95 Å². The van der Waals surface area contributed by atoms with Crippen molar-refractivity contribution >= 4 is 76.6 Å². The van der Waals surface area contributed by atoms with Crippen LogP contribution in [0.3, 0.4) is 0 Å². The first kappa shape index (κ1) is 23.3. The standard InChI is InChI=1S/C38H20N6/c1-39-23-18-16-22(17-19-23)35-27-12-8-20-40-37(27)42-38(41-35)44-31-15-7-3-10-25(31)33-32(44)21-28-24-9-2-5-13-29(24)43-30-14-6-4-11-26(30)34(33)36(28)43/h2-21H. The minimum Gasteiger partial charge on any atom is -0.308 e. The average molecular weight is 561 g/mol. The molecule has 0 bridgehead atoms. The number of benzene rings is 5. The predicted octanol–water partition coefficient (Wildman–Crippen LogP) is 9.49. The molecule has 6 heteroatoms. The van der Waals surface area contributed by atoms with E-state index in [1.165, 1.54) is 43.5 Å². The van der Waals surface area contributed by atoms with Crippen LogP contribution in [0.1, 0.15) is 0 Å². The van der Waals surface area contributed by atoms with Gasteiger partial charge in [0.15, 0.2) is 11.3 Å². The van der Waals surface area contributed by atoms with Crippen molar-refractivity contribution in [1.82, 2.24) is 23.9 Å². The van der Waals surface area contributed by atoms with E-state index in [1.54, 1.807) is 6.20 Å². The molecule has 0 amide bonds. The summed E-state index contributed by atoms with van der Waals surface area (Å²) in [4.78, 5) is 18.6. The van der Waals surface area contributed by atoms with Gasteiger partial charge >= 0.3 is 0 Å². The maximum Gasteiger partial charge on any atom is 0.237 e. The van der Waals surface area contributed by atoms with E-state index in [-0.39, 0.29) is 0 Å². The van der Waals surface area contributed by atoms with Gasteiger partial charge in [0.05, 0.1) is 39.8 Å². The van der Waals surface area contributed by atoms with Gasteiger partial charge in [0, 0.05) is 43.9 Å². The lowest BCUT2D eigenvalue weighted by molar-refractivity contribution is 1.01. The van der Waals surface area contributed by atoms with E-state index in [0.717, 1.165) is 33.1 Å². The molecule has 0 aliphatic heterocycles. The molecule has 0 fully saturated rings. The van der Waals surface area contributed by atoms with E-state index in [9.17, 15) is 0 Å². The Kier molecular flexibility index (Phi) is 4.43. The van der Waals surface area contributed by atoms with E-state index >= 15 is 0 Å². The van der Waals surface area contributed by atoms with Crippen LogP contribution in [-0.4, -0.2) is 23.9 Å². The Balaban J connectivity index is 1.41. The van der Waals surface area contributed by atoms with Crippen molar-refractivity contribution in [3.63, 3.8) is 0 Å². The largest absolute Gasteiger partial charge is 0.308 e. The molecular formula is C38H20N6. The normalized spacial score (nSPS) is 12.1. The van der Waals surface area contributed by atoms with Crippen LogP contribution in [0.25, 0.3) is 93.0 Å². The highest BCUT2D eigenvalue weighted by molar-refractivity contribution is 6.35.